The molecule has 1 aliphatic carbocycles. The summed E-state index contributed by atoms with van der Waals surface area (Å²) < 4.78 is 0. The van der Waals surface area contributed by atoms with E-state index in [2.05, 4.69) is 10.3 Å². The topological polar surface area (TPSA) is 45.2 Å². The number of hydrogen-bond donors (Lipinski definition) is 1. The first-order chi connectivity index (χ1) is 8.67. The van der Waals surface area contributed by atoms with Gasteiger partial charge in [-0.05, 0) is 25.0 Å². The molecular weight excluding hydrogens is 250 g/mol. The minimum absolute atomic E-state index is 0.0309. The summed E-state index contributed by atoms with van der Waals surface area (Å²) in [6.45, 7) is 1.81. The number of halogens is 1. The molecule has 0 radical (unpaired) electrons. The van der Waals surface area contributed by atoms with Crippen molar-refractivity contribution in [2.24, 2.45) is 5.41 Å². The number of urea groups is 1. The summed E-state index contributed by atoms with van der Waals surface area (Å²) in [5.41, 5.74) is 1.13. The van der Waals surface area contributed by atoms with Gasteiger partial charge in [0.1, 0.15) is 5.15 Å². The first-order valence-corrected chi connectivity index (χ1v) is 6.72. The quantitative estimate of drug-likeness (QED) is 0.793. The molecule has 2 aliphatic rings. The van der Waals surface area contributed by atoms with Crippen LogP contribution in [0.4, 0.5) is 10.5 Å². The van der Waals surface area contributed by atoms with Crippen molar-refractivity contribution in [3.8, 4) is 0 Å². The Bertz CT molecular complexity index is 446. The van der Waals surface area contributed by atoms with Gasteiger partial charge in [-0.25, -0.2) is 9.78 Å². The Labute approximate surface area is 111 Å². The van der Waals surface area contributed by atoms with E-state index in [1.807, 2.05) is 4.90 Å². The van der Waals surface area contributed by atoms with E-state index in [0.717, 1.165) is 13.1 Å². The Kier molecular flexibility index (Phi) is 2.90. The average molecular weight is 266 g/mol. The molecular formula is C13H16ClN3O. The number of pyridine rings is 1. The van der Waals surface area contributed by atoms with Gasteiger partial charge in [0.05, 0.1) is 11.9 Å². The fourth-order valence-electron chi connectivity index (χ4n) is 3.00. The Morgan fingerprint density at radius 2 is 2.06 bits per heavy atom. The van der Waals surface area contributed by atoms with Crippen molar-refractivity contribution in [3.05, 3.63) is 23.5 Å². The predicted molar refractivity (Wildman–Crippen MR) is 70.7 cm³/mol. The van der Waals surface area contributed by atoms with Gasteiger partial charge in [-0.2, -0.15) is 0 Å². The van der Waals surface area contributed by atoms with Gasteiger partial charge < -0.3 is 10.2 Å². The zero-order valence-corrected chi connectivity index (χ0v) is 10.9. The van der Waals surface area contributed by atoms with Crippen LogP contribution in [0.25, 0.3) is 0 Å². The van der Waals surface area contributed by atoms with Gasteiger partial charge in [-0.3, -0.25) is 0 Å². The maximum absolute atomic E-state index is 12.0. The van der Waals surface area contributed by atoms with E-state index in [9.17, 15) is 4.79 Å². The maximum Gasteiger partial charge on any atom is 0.321 e. The lowest BCUT2D eigenvalue weighted by Gasteiger charge is -2.48. The van der Waals surface area contributed by atoms with Crippen LogP contribution in [-0.4, -0.2) is 29.0 Å². The summed E-state index contributed by atoms with van der Waals surface area (Å²) in [5.74, 6) is 0. The zero-order valence-electron chi connectivity index (χ0n) is 10.2. The number of nitrogens with one attached hydrogen (secondary N) is 1. The van der Waals surface area contributed by atoms with Gasteiger partial charge >= 0.3 is 6.03 Å². The van der Waals surface area contributed by atoms with Crippen molar-refractivity contribution < 1.29 is 4.79 Å². The number of likely N-dealkylation sites (tertiary alicyclic amines) is 1. The highest BCUT2D eigenvalue weighted by atomic mass is 35.5. The molecule has 0 atom stereocenters. The number of carbonyl (C=O) groups is 1. The molecule has 2 fully saturated rings. The predicted octanol–water partition coefficient (Wildman–Crippen LogP) is 3.14. The molecule has 2 amide bonds. The molecule has 4 nitrogen and oxygen atoms in total. The summed E-state index contributed by atoms with van der Waals surface area (Å²) in [7, 11) is 0. The van der Waals surface area contributed by atoms with Crippen molar-refractivity contribution in [3.63, 3.8) is 0 Å². The van der Waals surface area contributed by atoms with E-state index in [-0.39, 0.29) is 6.03 Å². The number of nitrogens with zero attached hydrogens (tertiary/aromatic N) is 2. The highest BCUT2D eigenvalue weighted by Gasteiger charge is 2.46. The minimum atomic E-state index is -0.0309. The van der Waals surface area contributed by atoms with Crippen molar-refractivity contribution in [2.45, 2.75) is 25.7 Å². The van der Waals surface area contributed by atoms with E-state index in [0.29, 0.717) is 16.3 Å². The molecule has 2 heterocycles. The molecule has 1 spiro atoms. The van der Waals surface area contributed by atoms with E-state index < -0.39 is 0 Å². The van der Waals surface area contributed by atoms with Crippen LogP contribution < -0.4 is 5.32 Å². The molecule has 1 saturated heterocycles. The molecule has 1 aliphatic heterocycles. The van der Waals surface area contributed by atoms with Crippen LogP contribution in [0.3, 0.4) is 0 Å². The number of carbonyl (C=O) groups excluding carboxylic acids is 1. The highest BCUT2D eigenvalue weighted by molar-refractivity contribution is 6.29. The number of hydrogen-bond acceptors (Lipinski definition) is 2. The minimum Gasteiger partial charge on any atom is -0.323 e. The van der Waals surface area contributed by atoms with Crippen LogP contribution in [0.2, 0.25) is 5.15 Å². The summed E-state index contributed by atoms with van der Waals surface area (Å²) in [6.07, 6.45) is 6.76. The number of aromatic nitrogens is 1. The third-order valence-corrected chi connectivity index (χ3v) is 4.21. The Morgan fingerprint density at radius 1 is 1.33 bits per heavy atom. The van der Waals surface area contributed by atoms with Crippen LogP contribution in [0.5, 0.6) is 0 Å². The first kappa shape index (κ1) is 11.8. The van der Waals surface area contributed by atoms with Crippen LogP contribution in [0, 0.1) is 5.41 Å². The van der Waals surface area contributed by atoms with Gasteiger partial charge in [0.25, 0.3) is 0 Å². The van der Waals surface area contributed by atoms with Gasteiger partial charge in [0.15, 0.2) is 0 Å². The van der Waals surface area contributed by atoms with E-state index >= 15 is 0 Å². The van der Waals surface area contributed by atoms with Crippen LogP contribution in [0.1, 0.15) is 25.7 Å². The third-order valence-electron chi connectivity index (χ3n) is 3.98. The molecule has 1 aromatic heterocycles. The standard InChI is InChI=1S/C13H16ClN3O/c14-11-4-3-10(7-15-11)16-12(18)17-8-13(9-17)5-1-2-6-13/h3-4,7H,1-2,5-6,8-9H2,(H,16,18). The smallest absolute Gasteiger partial charge is 0.321 e. The SMILES string of the molecule is O=C(Nc1ccc(Cl)nc1)N1CC2(CCCC2)C1. The molecule has 18 heavy (non-hydrogen) atoms. The fraction of sp³-hybridized carbons (Fsp3) is 0.538. The number of anilines is 1. The molecule has 0 bridgehead atoms. The molecule has 96 valence electrons. The molecule has 1 N–H and O–H groups in total. The van der Waals surface area contributed by atoms with Gasteiger partial charge in [0.2, 0.25) is 0 Å². The second-order valence-corrected chi connectivity index (χ2v) is 5.75. The Balaban J connectivity index is 1.55. The lowest BCUT2D eigenvalue weighted by Crippen LogP contribution is -2.58. The van der Waals surface area contributed by atoms with E-state index in [1.54, 1.807) is 18.3 Å². The van der Waals surface area contributed by atoms with E-state index in [1.165, 1.54) is 25.7 Å². The van der Waals surface area contributed by atoms with Crippen molar-refractivity contribution in [1.82, 2.24) is 9.88 Å². The van der Waals surface area contributed by atoms with Gasteiger partial charge in [-0.1, -0.05) is 24.4 Å². The monoisotopic (exact) mass is 265 g/mol. The van der Waals surface area contributed by atoms with E-state index in [4.69, 9.17) is 11.6 Å². The normalized spacial score (nSPS) is 20.8. The summed E-state index contributed by atoms with van der Waals surface area (Å²) in [6, 6.07) is 3.40. The van der Waals surface area contributed by atoms with Crippen molar-refractivity contribution in [2.75, 3.05) is 18.4 Å². The van der Waals surface area contributed by atoms with Gasteiger partial charge in [-0.15, -0.1) is 0 Å². The third kappa shape index (κ3) is 2.17. The summed E-state index contributed by atoms with van der Waals surface area (Å²) >= 11 is 5.70. The lowest BCUT2D eigenvalue weighted by molar-refractivity contribution is 0.0430. The maximum atomic E-state index is 12.0. The molecule has 0 unspecified atom stereocenters. The average Bonchev–Trinajstić information content (AvgIpc) is 2.79. The lowest BCUT2D eigenvalue weighted by atomic mass is 9.78. The molecule has 3 rings (SSSR count). The Morgan fingerprint density at radius 3 is 2.67 bits per heavy atom. The zero-order chi connectivity index (χ0) is 12.6. The van der Waals surface area contributed by atoms with Crippen LogP contribution in [0.15, 0.2) is 18.3 Å². The second kappa shape index (κ2) is 4.43. The molecule has 1 aromatic rings. The summed E-state index contributed by atoms with van der Waals surface area (Å²) in [5, 5.41) is 3.28. The highest BCUT2D eigenvalue weighted by Crippen LogP contribution is 2.45. The first-order valence-electron chi connectivity index (χ1n) is 6.34. The Hall–Kier alpha value is -1.29. The molecule has 0 aromatic carbocycles. The van der Waals surface area contributed by atoms with Gasteiger partial charge in [0, 0.05) is 18.5 Å². The number of rotatable bonds is 1. The largest absolute Gasteiger partial charge is 0.323 e. The number of amides is 2. The van der Waals surface area contributed by atoms with Crippen molar-refractivity contribution >= 4 is 23.3 Å². The second-order valence-electron chi connectivity index (χ2n) is 5.36. The summed E-state index contributed by atoms with van der Waals surface area (Å²) in [4.78, 5) is 17.8. The van der Waals surface area contributed by atoms with Crippen LogP contribution >= 0.6 is 11.6 Å². The molecule has 5 heteroatoms. The fourth-order valence-corrected chi connectivity index (χ4v) is 3.11. The van der Waals surface area contributed by atoms with Crippen LogP contribution in [-0.2, 0) is 0 Å². The van der Waals surface area contributed by atoms with Crippen molar-refractivity contribution in [1.29, 1.82) is 0 Å². The molecule has 1 saturated carbocycles.